The Balaban J connectivity index is 1.51. The highest BCUT2D eigenvalue weighted by Crippen LogP contribution is 2.31. The number of hydrogen-bond acceptors (Lipinski definition) is 5. The van der Waals surface area contributed by atoms with Gasteiger partial charge in [0, 0.05) is 5.02 Å². The number of nitrogens with zero attached hydrogens (tertiary/aromatic N) is 1. The second-order valence-corrected chi connectivity index (χ2v) is 9.86. The summed E-state index contributed by atoms with van der Waals surface area (Å²) < 4.78 is 39.4. The van der Waals surface area contributed by atoms with Crippen LogP contribution in [0.3, 0.4) is 0 Å². The largest absolute Gasteiger partial charge is 0.486 e. The lowest BCUT2D eigenvalue weighted by Crippen LogP contribution is -2.45. The number of benzene rings is 3. The second kappa shape index (κ2) is 9.72. The Morgan fingerprint density at radius 2 is 1.76 bits per heavy atom. The average molecular weight is 487 g/mol. The number of fused-ring (bicyclic) bond motifs is 1. The SMILES string of the molecule is Cc1cc(Cl)ccc1N(CC(=O)NC[C@H]1COc2ccccc2O1)S(=O)(=O)c1ccccc1. The summed E-state index contributed by atoms with van der Waals surface area (Å²) in [5.41, 5.74) is 1.01. The number of carbonyl (C=O) groups is 1. The van der Waals surface area contributed by atoms with Crippen LogP contribution in [0, 0.1) is 6.92 Å². The molecule has 1 aliphatic rings. The lowest BCUT2D eigenvalue weighted by atomic mass is 10.2. The molecule has 0 aromatic heterocycles. The molecule has 3 aromatic rings. The van der Waals surface area contributed by atoms with Gasteiger partial charge >= 0.3 is 0 Å². The topological polar surface area (TPSA) is 84.9 Å². The van der Waals surface area contributed by atoms with Gasteiger partial charge in [0.15, 0.2) is 11.5 Å². The molecule has 172 valence electrons. The molecule has 3 aromatic carbocycles. The van der Waals surface area contributed by atoms with Gasteiger partial charge in [0.25, 0.3) is 10.0 Å². The van der Waals surface area contributed by atoms with Gasteiger partial charge in [-0.1, -0.05) is 41.9 Å². The van der Waals surface area contributed by atoms with Crippen molar-refractivity contribution in [2.24, 2.45) is 0 Å². The monoisotopic (exact) mass is 486 g/mol. The van der Waals surface area contributed by atoms with Crippen LogP contribution >= 0.6 is 11.6 Å². The zero-order valence-electron chi connectivity index (χ0n) is 17.9. The van der Waals surface area contributed by atoms with Crippen molar-refractivity contribution in [3.05, 3.63) is 83.4 Å². The highest BCUT2D eigenvalue weighted by Gasteiger charge is 2.29. The molecule has 0 unspecified atom stereocenters. The number of carbonyl (C=O) groups excluding carboxylic acids is 1. The standard InChI is InChI=1S/C24H23ClN2O5S/c1-17-13-18(25)11-12-21(17)27(33(29,30)20-7-3-2-4-8-20)15-24(28)26-14-19-16-31-22-9-5-6-10-23(22)32-19/h2-13,19H,14-16H2,1H3,(H,26,28)/t19-/m0/s1. The molecule has 1 atom stereocenters. The van der Waals surface area contributed by atoms with Gasteiger partial charge in [0.05, 0.1) is 17.1 Å². The number of halogens is 1. The molecule has 0 fully saturated rings. The summed E-state index contributed by atoms with van der Waals surface area (Å²) in [6.45, 7) is 1.80. The van der Waals surface area contributed by atoms with Gasteiger partial charge in [-0.15, -0.1) is 0 Å². The van der Waals surface area contributed by atoms with Gasteiger partial charge in [-0.05, 0) is 55.0 Å². The maximum absolute atomic E-state index is 13.4. The van der Waals surface area contributed by atoms with E-state index in [2.05, 4.69) is 5.32 Å². The summed E-state index contributed by atoms with van der Waals surface area (Å²) in [5.74, 6) is 0.790. The quantitative estimate of drug-likeness (QED) is 0.549. The van der Waals surface area contributed by atoms with E-state index in [-0.39, 0.29) is 24.2 Å². The summed E-state index contributed by atoms with van der Waals surface area (Å²) in [5, 5.41) is 3.24. The van der Waals surface area contributed by atoms with E-state index in [1.165, 1.54) is 12.1 Å². The molecular weight excluding hydrogens is 464 g/mol. The average Bonchev–Trinajstić information content (AvgIpc) is 2.82. The Morgan fingerprint density at radius 3 is 2.48 bits per heavy atom. The molecule has 9 heteroatoms. The van der Waals surface area contributed by atoms with E-state index in [1.54, 1.807) is 49.4 Å². The summed E-state index contributed by atoms with van der Waals surface area (Å²) in [4.78, 5) is 12.9. The van der Waals surface area contributed by atoms with Crippen molar-refractivity contribution in [3.63, 3.8) is 0 Å². The summed E-state index contributed by atoms with van der Waals surface area (Å²) in [6, 6.07) is 20.1. The van der Waals surface area contributed by atoms with Crippen LogP contribution in [0.4, 0.5) is 5.69 Å². The number of anilines is 1. The predicted octanol–water partition coefficient (Wildman–Crippen LogP) is 3.80. The van der Waals surface area contributed by atoms with Crippen molar-refractivity contribution < 1.29 is 22.7 Å². The maximum Gasteiger partial charge on any atom is 0.264 e. The minimum Gasteiger partial charge on any atom is -0.486 e. The second-order valence-electron chi connectivity index (χ2n) is 7.56. The fourth-order valence-corrected chi connectivity index (χ4v) is 5.23. The van der Waals surface area contributed by atoms with Crippen molar-refractivity contribution in [2.75, 3.05) is 24.0 Å². The zero-order valence-corrected chi connectivity index (χ0v) is 19.5. The van der Waals surface area contributed by atoms with Gasteiger partial charge in [-0.25, -0.2) is 8.42 Å². The summed E-state index contributed by atoms with van der Waals surface area (Å²) in [6.07, 6.45) is -0.389. The van der Waals surface area contributed by atoms with Crippen LogP contribution in [0.25, 0.3) is 0 Å². The van der Waals surface area contributed by atoms with Crippen LogP contribution < -0.4 is 19.1 Å². The number of ether oxygens (including phenoxy) is 2. The van der Waals surface area contributed by atoms with Gasteiger partial charge in [0.2, 0.25) is 5.91 Å². The third-order valence-electron chi connectivity index (χ3n) is 5.14. The van der Waals surface area contributed by atoms with Gasteiger partial charge < -0.3 is 14.8 Å². The maximum atomic E-state index is 13.4. The van der Waals surface area contributed by atoms with E-state index in [1.807, 2.05) is 18.2 Å². The van der Waals surface area contributed by atoms with E-state index in [0.717, 1.165) is 4.31 Å². The van der Waals surface area contributed by atoms with Crippen molar-refractivity contribution in [2.45, 2.75) is 17.9 Å². The van der Waals surface area contributed by atoms with Crippen LogP contribution in [0.5, 0.6) is 11.5 Å². The Morgan fingerprint density at radius 1 is 1.06 bits per heavy atom. The number of para-hydroxylation sites is 2. The molecule has 1 N–H and O–H groups in total. The third kappa shape index (κ3) is 5.23. The van der Waals surface area contributed by atoms with Crippen molar-refractivity contribution in [1.29, 1.82) is 0 Å². The van der Waals surface area contributed by atoms with Gasteiger partial charge in [-0.3, -0.25) is 9.10 Å². The predicted molar refractivity (Wildman–Crippen MR) is 127 cm³/mol. The van der Waals surface area contributed by atoms with E-state index in [0.29, 0.717) is 27.8 Å². The smallest absolute Gasteiger partial charge is 0.264 e. The highest BCUT2D eigenvalue weighted by atomic mass is 35.5. The minimum absolute atomic E-state index is 0.0905. The van der Waals surface area contributed by atoms with Crippen LogP contribution in [0.15, 0.2) is 77.7 Å². The molecule has 1 amide bonds. The third-order valence-corrected chi connectivity index (χ3v) is 7.15. The van der Waals surface area contributed by atoms with E-state index in [4.69, 9.17) is 21.1 Å². The van der Waals surface area contributed by atoms with Crippen LogP contribution in [0.2, 0.25) is 5.02 Å². The van der Waals surface area contributed by atoms with Crippen molar-refractivity contribution >= 4 is 33.2 Å². The lowest BCUT2D eigenvalue weighted by molar-refractivity contribution is -0.120. The van der Waals surface area contributed by atoms with Gasteiger partial charge in [0.1, 0.15) is 19.3 Å². The first-order chi connectivity index (χ1) is 15.8. The molecule has 0 bridgehead atoms. The van der Waals surface area contributed by atoms with E-state index in [9.17, 15) is 13.2 Å². The number of hydrogen-bond donors (Lipinski definition) is 1. The Kier molecular flexibility index (Phi) is 6.76. The van der Waals surface area contributed by atoms with Gasteiger partial charge in [-0.2, -0.15) is 0 Å². The highest BCUT2D eigenvalue weighted by molar-refractivity contribution is 7.92. The minimum atomic E-state index is -3.99. The molecule has 33 heavy (non-hydrogen) atoms. The van der Waals surface area contributed by atoms with Crippen molar-refractivity contribution in [1.82, 2.24) is 5.32 Å². The number of nitrogens with one attached hydrogen (secondary N) is 1. The molecule has 7 nitrogen and oxygen atoms in total. The normalized spacial score (nSPS) is 15.0. The molecule has 0 saturated heterocycles. The van der Waals surface area contributed by atoms with Crippen LogP contribution in [-0.2, 0) is 14.8 Å². The molecule has 1 heterocycles. The Labute approximate surface area is 197 Å². The summed E-state index contributed by atoms with van der Waals surface area (Å²) >= 11 is 6.06. The van der Waals surface area contributed by atoms with E-state index >= 15 is 0 Å². The van der Waals surface area contributed by atoms with Crippen LogP contribution in [-0.4, -0.2) is 40.1 Å². The Bertz CT molecular complexity index is 1250. The number of amides is 1. The molecule has 4 rings (SSSR count). The zero-order chi connectivity index (χ0) is 23.4. The first kappa shape index (κ1) is 22.9. The molecule has 0 radical (unpaired) electrons. The molecule has 1 aliphatic heterocycles. The summed E-state index contributed by atoms with van der Waals surface area (Å²) in [7, 11) is -3.99. The number of aryl methyl sites for hydroxylation is 1. The first-order valence-corrected chi connectivity index (χ1v) is 12.2. The fourth-order valence-electron chi connectivity index (χ4n) is 3.50. The number of sulfonamides is 1. The first-order valence-electron chi connectivity index (χ1n) is 10.3. The molecule has 0 aliphatic carbocycles. The molecule has 0 spiro atoms. The van der Waals surface area contributed by atoms with Crippen molar-refractivity contribution in [3.8, 4) is 11.5 Å². The Hall–Kier alpha value is -3.23. The van der Waals surface area contributed by atoms with Crippen LogP contribution in [0.1, 0.15) is 5.56 Å². The fraction of sp³-hybridized carbons (Fsp3) is 0.208. The number of rotatable bonds is 7. The molecular formula is C24H23ClN2O5S. The lowest BCUT2D eigenvalue weighted by Gasteiger charge is -2.28. The van der Waals surface area contributed by atoms with E-state index < -0.39 is 22.5 Å². The molecule has 0 saturated carbocycles.